The SMILES string of the molecule is COc1cc(N2CCN(C(=O)N(C)CCO)CC2)ccc1Nc1ncc(Cl)c(-c2cnc3ccccn23)n1. The first-order valence-electron chi connectivity index (χ1n) is 12.2. The molecule has 0 spiro atoms. The van der Waals surface area contributed by atoms with Crippen LogP contribution in [-0.4, -0.2) is 93.8 Å². The van der Waals surface area contributed by atoms with Crippen LogP contribution in [0.4, 0.5) is 22.1 Å². The van der Waals surface area contributed by atoms with E-state index in [1.807, 2.05) is 47.0 Å². The lowest BCUT2D eigenvalue weighted by molar-refractivity contribution is 0.148. The maximum atomic E-state index is 12.5. The van der Waals surface area contributed by atoms with E-state index in [4.69, 9.17) is 21.4 Å². The number of aliphatic hydroxyl groups excluding tert-OH is 1. The summed E-state index contributed by atoms with van der Waals surface area (Å²) in [7, 11) is 3.32. The number of halogens is 1. The van der Waals surface area contributed by atoms with Crippen molar-refractivity contribution >= 4 is 40.6 Å². The van der Waals surface area contributed by atoms with Crippen LogP contribution in [0.15, 0.2) is 55.0 Å². The van der Waals surface area contributed by atoms with Gasteiger partial charge in [0.1, 0.15) is 17.1 Å². The summed E-state index contributed by atoms with van der Waals surface area (Å²) in [5, 5.41) is 12.8. The van der Waals surface area contributed by atoms with Crippen LogP contribution in [0.3, 0.4) is 0 Å². The number of urea groups is 1. The predicted molar refractivity (Wildman–Crippen MR) is 146 cm³/mol. The van der Waals surface area contributed by atoms with Crippen molar-refractivity contribution in [2.45, 2.75) is 0 Å². The zero-order chi connectivity index (χ0) is 26.6. The normalized spacial score (nSPS) is 13.6. The van der Waals surface area contributed by atoms with E-state index in [2.05, 4.69) is 25.2 Å². The van der Waals surface area contributed by atoms with Crippen molar-refractivity contribution in [3.8, 4) is 17.1 Å². The molecule has 11 nitrogen and oxygen atoms in total. The number of anilines is 3. The maximum absolute atomic E-state index is 12.5. The van der Waals surface area contributed by atoms with Crippen LogP contribution in [0, 0.1) is 0 Å². The van der Waals surface area contributed by atoms with Crippen LogP contribution in [0.1, 0.15) is 0 Å². The summed E-state index contributed by atoms with van der Waals surface area (Å²) in [6, 6.07) is 11.6. The molecule has 38 heavy (non-hydrogen) atoms. The summed E-state index contributed by atoms with van der Waals surface area (Å²) in [5.41, 5.74) is 3.83. The lowest BCUT2D eigenvalue weighted by atomic mass is 10.2. The molecule has 0 radical (unpaired) electrons. The second-order valence-corrected chi connectivity index (χ2v) is 9.28. The number of piperazine rings is 1. The minimum atomic E-state index is -0.0675. The Bertz CT molecular complexity index is 1440. The smallest absolute Gasteiger partial charge is 0.319 e. The summed E-state index contributed by atoms with van der Waals surface area (Å²) in [4.78, 5) is 31.5. The molecular weight excluding hydrogens is 508 g/mol. The Morgan fingerprint density at radius 1 is 1.16 bits per heavy atom. The van der Waals surface area contributed by atoms with Gasteiger partial charge in [0.15, 0.2) is 0 Å². The van der Waals surface area contributed by atoms with Crippen molar-refractivity contribution < 1.29 is 14.6 Å². The molecule has 2 amide bonds. The second kappa shape index (κ2) is 11.1. The van der Waals surface area contributed by atoms with Crippen LogP contribution in [0.5, 0.6) is 5.75 Å². The van der Waals surface area contributed by atoms with E-state index >= 15 is 0 Å². The first-order valence-corrected chi connectivity index (χ1v) is 12.6. The van der Waals surface area contributed by atoms with Crippen molar-refractivity contribution in [1.29, 1.82) is 0 Å². The van der Waals surface area contributed by atoms with E-state index in [1.165, 1.54) is 0 Å². The van der Waals surface area contributed by atoms with Crippen molar-refractivity contribution in [1.82, 2.24) is 29.2 Å². The van der Waals surface area contributed by atoms with Crippen LogP contribution in [0.2, 0.25) is 5.02 Å². The summed E-state index contributed by atoms with van der Waals surface area (Å²) in [5.74, 6) is 1.01. The number of imidazole rings is 1. The Morgan fingerprint density at radius 3 is 2.74 bits per heavy atom. The predicted octanol–water partition coefficient (Wildman–Crippen LogP) is 3.36. The van der Waals surface area contributed by atoms with Gasteiger partial charge in [0.2, 0.25) is 5.95 Å². The molecule has 0 saturated carbocycles. The lowest BCUT2D eigenvalue weighted by Crippen LogP contribution is -2.52. The summed E-state index contributed by atoms with van der Waals surface area (Å²) >= 11 is 6.46. The van der Waals surface area contributed by atoms with E-state index in [1.54, 1.807) is 36.4 Å². The van der Waals surface area contributed by atoms with Gasteiger partial charge in [-0.1, -0.05) is 17.7 Å². The number of nitrogens with zero attached hydrogens (tertiary/aromatic N) is 7. The topological polar surface area (TPSA) is 111 Å². The second-order valence-electron chi connectivity index (χ2n) is 8.87. The van der Waals surface area contributed by atoms with Gasteiger partial charge in [-0.15, -0.1) is 0 Å². The highest BCUT2D eigenvalue weighted by Gasteiger charge is 2.24. The molecule has 12 heteroatoms. The van der Waals surface area contributed by atoms with Crippen LogP contribution < -0.4 is 15.0 Å². The molecule has 1 saturated heterocycles. The number of benzene rings is 1. The molecular formula is C26H29ClN8O3. The number of carbonyl (C=O) groups is 1. The average molecular weight is 537 g/mol. The third-order valence-electron chi connectivity index (χ3n) is 6.51. The number of aromatic nitrogens is 4. The number of hydrogen-bond donors (Lipinski definition) is 2. The monoisotopic (exact) mass is 536 g/mol. The lowest BCUT2D eigenvalue weighted by Gasteiger charge is -2.37. The quantitative estimate of drug-likeness (QED) is 0.370. The molecule has 1 aliphatic rings. The molecule has 198 valence electrons. The van der Waals surface area contributed by atoms with Gasteiger partial charge in [0.25, 0.3) is 0 Å². The van der Waals surface area contributed by atoms with Gasteiger partial charge in [-0.2, -0.15) is 0 Å². The third-order valence-corrected chi connectivity index (χ3v) is 6.79. The molecule has 3 aromatic heterocycles. The number of hydrogen-bond acceptors (Lipinski definition) is 8. The molecule has 2 N–H and O–H groups in total. The molecule has 1 aromatic carbocycles. The van der Waals surface area contributed by atoms with Crippen molar-refractivity contribution in [3.63, 3.8) is 0 Å². The molecule has 5 rings (SSSR count). The van der Waals surface area contributed by atoms with E-state index in [-0.39, 0.29) is 12.6 Å². The molecule has 0 atom stereocenters. The van der Waals surface area contributed by atoms with Gasteiger partial charge in [-0.05, 0) is 24.3 Å². The van der Waals surface area contributed by atoms with Crippen molar-refractivity contribution in [2.75, 3.05) is 63.7 Å². The number of fused-ring (bicyclic) bond motifs is 1. The molecule has 0 bridgehead atoms. The van der Waals surface area contributed by atoms with Gasteiger partial charge in [0, 0.05) is 57.7 Å². The number of nitrogens with one attached hydrogen (secondary N) is 1. The molecule has 0 aliphatic carbocycles. The first-order chi connectivity index (χ1) is 18.5. The molecule has 4 aromatic rings. The van der Waals surface area contributed by atoms with Crippen LogP contribution in [-0.2, 0) is 0 Å². The fourth-order valence-corrected chi connectivity index (χ4v) is 4.65. The highest BCUT2D eigenvalue weighted by Crippen LogP contribution is 2.33. The average Bonchev–Trinajstić information content (AvgIpc) is 3.38. The number of rotatable bonds is 7. The van der Waals surface area contributed by atoms with Gasteiger partial charge < -0.3 is 29.9 Å². The molecule has 4 heterocycles. The minimum Gasteiger partial charge on any atom is -0.494 e. The zero-order valence-corrected chi connectivity index (χ0v) is 22.0. The van der Waals surface area contributed by atoms with Gasteiger partial charge in [0.05, 0.1) is 42.5 Å². The summed E-state index contributed by atoms with van der Waals surface area (Å²) < 4.78 is 7.59. The molecule has 0 unspecified atom stereocenters. The number of amides is 2. The number of pyridine rings is 1. The number of methoxy groups -OCH3 is 1. The van der Waals surface area contributed by atoms with Crippen molar-refractivity contribution in [3.05, 3.63) is 60.0 Å². The van der Waals surface area contributed by atoms with E-state index in [9.17, 15) is 4.79 Å². The van der Waals surface area contributed by atoms with E-state index in [0.717, 1.165) is 17.0 Å². The Morgan fingerprint density at radius 2 is 1.97 bits per heavy atom. The first kappa shape index (κ1) is 25.6. The number of carbonyl (C=O) groups excluding carboxylic acids is 1. The summed E-state index contributed by atoms with van der Waals surface area (Å²) in [6.07, 6.45) is 5.21. The maximum Gasteiger partial charge on any atom is 0.319 e. The molecule has 1 fully saturated rings. The van der Waals surface area contributed by atoms with Crippen molar-refractivity contribution in [2.24, 2.45) is 0 Å². The van der Waals surface area contributed by atoms with E-state index < -0.39 is 0 Å². The van der Waals surface area contributed by atoms with Gasteiger partial charge in [-0.25, -0.2) is 19.7 Å². The Balaban J connectivity index is 1.31. The van der Waals surface area contributed by atoms with Gasteiger partial charge in [-0.3, -0.25) is 4.40 Å². The third kappa shape index (κ3) is 5.15. The number of likely N-dealkylation sites (N-methyl/N-ethyl adjacent to an activating group) is 1. The Kier molecular flexibility index (Phi) is 7.47. The fourth-order valence-electron chi connectivity index (χ4n) is 4.46. The molecule has 1 aliphatic heterocycles. The fraction of sp³-hybridized carbons (Fsp3) is 0.308. The largest absolute Gasteiger partial charge is 0.494 e. The Hall–Kier alpha value is -4.09. The van der Waals surface area contributed by atoms with E-state index in [0.29, 0.717) is 60.8 Å². The zero-order valence-electron chi connectivity index (χ0n) is 21.2. The minimum absolute atomic E-state index is 0.0502. The van der Waals surface area contributed by atoms with Crippen LogP contribution in [0.25, 0.3) is 17.0 Å². The summed E-state index contributed by atoms with van der Waals surface area (Å²) in [6.45, 7) is 2.85. The standard InChI is InChI=1S/C26H29ClN8O3/c1-32(13-14-36)26(37)34-11-9-33(10-12-34)18-6-7-20(22(15-18)38-2)30-25-29-16-19(27)24(31-25)21-17-28-23-5-3-4-8-35(21)23/h3-8,15-17,36H,9-14H2,1-2H3,(H,29,30,31). The highest BCUT2D eigenvalue weighted by molar-refractivity contribution is 6.32. The van der Waals surface area contributed by atoms with Crippen LogP contribution >= 0.6 is 11.6 Å². The highest BCUT2D eigenvalue weighted by atomic mass is 35.5. The van der Waals surface area contributed by atoms with Gasteiger partial charge >= 0.3 is 6.03 Å². The number of aliphatic hydroxyl groups is 1. The Labute approximate surface area is 225 Å². The number of ether oxygens (including phenoxy) is 1.